The smallest absolute Gasteiger partial charge is 0.433 e. The third kappa shape index (κ3) is 4.42. The molecule has 0 unspecified atom stereocenters. The minimum Gasteiger partial charge on any atom is -0.477 e. The standard InChI is InChI=1S/C12H14F3NO3/c1-7(2)5-6-19-10-8(11(17)18)3-4-9(16-10)12(13,14)15/h3-4,7H,5-6H2,1-2H3,(H,17,18). The number of ether oxygens (including phenoxy) is 1. The SMILES string of the molecule is CC(C)CCOc1nc(C(F)(F)F)ccc1C(=O)O. The van der Waals surface area contributed by atoms with E-state index in [0.717, 1.165) is 6.07 Å². The van der Waals surface area contributed by atoms with Gasteiger partial charge in [-0.3, -0.25) is 0 Å². The Labute approximate surface area is 108 Å². The highest BCUT2D eigenvalue weighted by molar-refractivity contribution is 5.90. The van der Waals surface area contributed by atoms with Gasteiger partial charge in [-0.2, -0.15) is 13.2 Å². The first-order valence-corrected chi connectivity index (χ1v) is 5.66. The van der Waals surface area contributed by atoms with Crippen LogP contribution in [0.3, 0.4) is 0 Å². The van der Waals surface area contributed by atoms with Crippen LogP contribution in [-0.2, 0) is 6.18 Å². The van der Waals surface area contributed by atoms with E-state index in [-0.39, 0.29) is 12.2 Å². The first kappa shape index (κ1) is 15.3. The zero-order valence-electron chi connectivity index (χ0n) is 10.5. The van der Waals surface area contributed by atoms with Crippen molar-refractivity contribution < 1.29 is 27.8 Å². The Kier molecular flexibility index (Phi) is 4.74. The molecule has 1 N–H and O–H groups in total. The Hall–Kier alpha value is -1.79. The summed E-state index contributed by atoms with van der Waals surface area (Å²) in [7, 11) is 0. The molecule has 0 saturated heterocycles. The maximum Gasteiger partial charge on any atom is 0.433 e. The molecule has 4 nitrogen and oxygen atoms in total. The lowest BCUT2D eigenvalue weighted by Gasteiger charge is -2.12. The second kappa shape index (κ2) is 5.90. The van der Waals surface area contributed by atoms with E-state index in [2.05, 4.69) is 4.98 Å². The third-order valence-corrected chi connectivity index (χ3v) is 2.32. The second-order valence-electron chi connectivity index (χ2n) is 4.38. The van der Waals surface area contributed by atoms with Crippen LogP contribution in [0.25, 0.3) is 0 Å². The Bertz CT molecular complexity index is 458. The van der Waals surface area contributed by atoms with Crippen molar-refractivity contribution in [3.8, 4) is 5.88 Å². The Balaban J connectivity index is 2.99. The van der Waals surface area contributed by atoms with Gasteiger partial charge < -0.3 is 9.84 Å². The highest BCUT2D eigenvalue weighted by atomic mass is 19.4. The molecular weight excluding hydrogens is 263 g/mol. The molecule has 0 aliphatic heterocycles. The summed E-state index contributed by atoms with van der Waals surface area (Å²) < 4.78 is 42.5. The molecule has 0 radical (unpaired) electrons. The third-order valence-electron chi connectivity index (χ3n) is 2.32. The van der Waals surface area contributed by atoms with Gasteiger partial charge in [-0.15, -0.1) is 0 Å². The average molecular weight is 277 g/mol. The molecule has 1 aromatic rings. The molecule has 0 atom stereocenters. The van der Waals surface area contributed by atoms with Crippen molar-refractivity contribution in [3.05, 3.63) is 23.4 Å². The van der Waals surface area contributed by atoms with Crippen LogP contribution in [0.1, 0.15) is 36.3 Å². The molecule has 0 fully saturated rings. The van der Waals surface area contributed by atoms with Gasteiger partial charge in [0.05, 0.1) is 6.61 Å². The van der Waals surface area contributed by atoms with E-state index >= 15 is 0 Å². The summed E-state index contributed by atoms with van der Waals surface area (Å²) in [6.07, 6.45) is -4.04. The number of aromatic carboxylic acids is 1. The fourth-order valence-corrected chi connectivity index (χ4v) is 1.26. The molecule has 7 heteroatoms. The van der Waals surface area contributed by atoms with Crippen molar-refractivity contribution in [1.82, 2.24) is 4.98 Å². The van der Waals surface area contributed by atoms with Gasteiger partial charge in [0.25, 0.3) is 0 Å². The number of carboxylic acid groups (broad SMARTS) is 1. The van der Waals surface area contributed by atoms with Gasteiger partial charge in [-0.25, -0.2) is 9.78 Å². The minimum atomic E-state index is -4.63. The summed E-state index contributed by atoms with van der Waals surface area (Å²) in [4.78, 5) is 14.1. The number of aromatic nitrogens is 1. The number of alkyl halides is 3. The predicted molar refractivity (Wildman–Crippen MR) is 61.1 cm³/mol. The summed E-state index contributed by atoms with van der Waals surface area (Å²) in [5, 5.41) is 8.87. The van der Waals surface area contributed by atoms with E-state index in [4.69, 9.17) is 9.84 Å². The van der Waals surface area contributed by atoms with Gasteiger partial charge in [0.2, 0.25) is 5.88 Å². The fourth-order valence-electron chi connectivity index (χ4n) is 1.26. The monoisotopic (exact) mass is 277 g/mol. The van der Waals surface area contributed by atoms with Crippen molar-refractivity contribution >= 4 is 5.97 Å². The van der Waals surface area contributed by atoms with E-state index in [9.17, 15) is 18.0 Å². The Morgan fingerprint density at radius 1 is 1.42 bits per heavy atom. The second-order valence-corrected chi connectivity index (χ2v) is 4.38. The molecule has 0 saturated carbocycles. The molecule has 0 aliphatic rings. The zero-order chi connectivity index (χ0) is 14.6. The van der Waals surface area contributed by atoms with E-state index in [1.807, 2.05) is 13.8 Å². The molecule has 0 spiro atoms. The van der Waals surface area contributed by atoms with Crippen LogP contribution in [0.5, 0.6) is 5.88 Å². The van der Waals surface area contributed by atoms with Gasteiger partial charge >= 0.3 is 12.1 Å². The summed E-state index contributed by atoms with van der Waals surface area (Å²) in [6.45, 7) is 3.95. The molecule has 1 aromatic heterocycles. The van der Waals surface area contributed by atoms with Gasteiger partial charge in [0.15, 0.2) is 0 Å². The van der Waals surface area contributed by atoms with E-state index in [0.29, 0.717) is 18.4 Å². The van der Waals surface area contributed by atoms with Crippen molar-refractivity contribution in [3.63, 3.8) is 0 Å². The van der Waals surface area contributed by atoms with E-state index in [1.165, 1.54) is 0 Å². The van der Waals surface area contributed by atoms with Crippen LogP contribution in [0, 0.1) is 5.92 Å². The number of halogens is 3. The maximum absolute atomic E-state index is 12.5. The van der Waals surface area contributed by atoms with Crippen LogP contribution in [0.2, 0.25) is 0 Å². The van der Waals surface area contributed by atoms with Gasteiger partial charge in [0, 0.05) is 0 Å². The van der Waals surface area contributed by atoms with Gasteiger partial charge in [-0.1, -0.05) is 13.8 Å². The number of rotatable bonds is 5. The molecular formula is C12H14F3NO3. The summed E-state index contributed by atoms with van der Waals surface area (Å²) >= 11 is 0. The molecule has 19 heavy (non-hydrogen) atoms. The number of carbonyl (C=O) groups is 1. The number of carboxylic acids is 1. The van der Waals surface area contributed by atoms with Crippen molar-refractivity contribution in [2.75, 3.05) is 6.61 Å². The number of hydrogen-bond acceptors (Lipinski definition) is 3. The molecule has 0 aliphatic carbocycles. The average Bonchev–Trinajstić information content (AvgIpc) is 2.26. The Morgan fingerprint density at radius 2 is 2.05 bits per heavy atom. The van der Waals surface area contributed by atoms with E-state index in [1.54, 1.807) is 0 Å². The van der Waals surface area contributed by atoms with Gasteiger partial charge in [0.1, 0.15) is 11.3 Å². The van der Waals surface area contributed by atoms with Crippen LogP contribution in [-0.4, -0.2) is 22.7 Å². The first-order chi connectivity index (χ1) is 8.71. The number of pyridine rings is 1. The molecule has 106 valence electrons. The molecule has 1 rings (SSSR count). The largest absolute Gasteiger partial charge is 0.477 e. The van der Waals surface area contributed by atoms with Crippen molar-refractivity contribution in [2.24, 2.45) is 5.92 Å². The highest BCUT2D eigenvalue weighted by Gasteiger charge is 2.33. The highest BCUT2D eigenvalue weighted by Crippen LogP contribution is 2.30. The lowest BCUT2D eigenvalue weighted by molar-refractivity contribution is -0.141. The number of hydrogen-bond donors (Lipinski definition) is 1. The molecule has 0 amide bonds. The van der Waals surface area contributed by atoms with Gasteiger partial charge in [-0.05, 0) is 24.5 Å². The summed E-state index contributed by atoms with van der Waals surface area (Å²) in [5.74, 6) is -1.58. The molecule has 1 heterocycles. The predicted octanol–water partition coefficient (Wildman–Crippen LogP) is 3.22. The number of nitrogens with zero attached hydrogens (tertiary/aromatic N) is 1. The Morgan fingerprint density at radius 3 is 2.53 bits per heavy atom. The lowest BCUT2D eigenvalue weighted by atomic mass is 10.1. The lowest BCUT2D eigenvalue weighted by Crippen LogP contribution is -2.13. The summed E-state index contributed by atoms with van der Waals surface area (Å²) in [5.41, 5.74) is -1.55. The molecule has 0 bridgehead atoms. The topological polar surface area (TPSA) is 59.4 Å². The van der Waals surface area contributed by atoms with E-state index < -0.39 is 23.7 Å². The fraction of sp³-hybridized carbons (Fsp3) is 0.500. The normalized spacial score (nSPS) is 11.7. The summed E-state index contributed by atoms with van der Waals surface area (Å²) in [6, 6.07) is 1.47. The first-order valence-electron chi connectivity index (χ1n) is 5.66. The van der Waals surface area contributed by atoms with Crippen LogP contribution < -0.4 is 4.74 Å². The van der Waals surface area contributed by atoms with Crippen LogP contribution in [0.4, 0.5) is 13.2 Å². The zero-order valence-corrected chi connectivity index (χ0v) is 10.5. The van der Waals surface area contributed by atoms with Crippen molar-refractivity contribution in [2.45, 2.75) is 26.4 Å². The minimum absolute atomic E-state index is 0.117. The maximum atomic E-state index is 12.5. The quantitative estimate of drug-likeness (QED) is 0.897. The molecule has 0 aromatic carbocycles. The van der Waals surface area contributed by atoms with Crippen LogP contribution in [0.15, 0.2) is 12.1 Å². The van der Waals surface area contributed by atoms with Crippen LogP contribution >= 0.6 is 0 Å². The van der Waals surface area contributed by atoms with Crippen molar-refractivity contribution in [1.29, 1.82) is 0 Å².